The van der Waals surface area contributed by atoms with Crippen molar-refractivity contribution in [1.82, 2.24) is 0 Å². The van der Waals surface area contributed by atoms with E-state index in [1.165, 1.54) is 13.2 Å². The van der Waals surface area contributed by atoms with Crippen molar-refractivity contribution in [2.75, 3.05) is 19.5 Å². The third kappa shape index (κ3) is 5.73. The summed E-state index contributed by atoms with van der Waals surface area (Å²) in [5.74, 6) is 1.08. The highest BCUT2D eigenvalue weighted by atomic mass is 35.5. The van der Waals surface area contributed by atoms with Crippen LogP contribution in [-0.4, -0.2) is 25.4 Å². The van der Waals surface area contributed by atoms with Crippen molar-refractivity contribution in [2.45, 2.75) is 4.90 Å². The molecule has 7 heteroatoms. The van der Waals surface area contributed by atoms with Gasteiger partial charge in [0, 0.05) is 15.7 Å². The van der Waals surface area contributed by atoms with Gasteiger partial charge in [-0.05, 0) is 48.0 Å². The van der Waals surface area contributed by atoms with Crippen LogP contribution in [0.1, 0.15) is 5.56 Å². The number of nitrogens with zero attached hydrogens (tertiary/aromatic N) is 1. The summed E-state index contributed by atoms with van der Waals surface area (Å²) < 4.78 is 11.1. The van der Waals surface area contributed by atoms with Gasteiger partial charge in [-0.2, -0.15) is 5.26 Å². The largest absolute Gasteiger partial charge is 0.493 e. The van der Waals surface area contributed by atoms with Crippen LogP contribution in [0.2, 0.25) is 5.02 Å². The van der Waals surface area contributed by atoms with Crippen LogP contribution in [-0.2, 0) is 4.79 Å². The number of nitriles is 1. The Kier molecular flexibility index (Phi) is 7.39. The van der Waals surface area contributed by atoms with E-state index in [1.807, 2.05) is 24.3 Å². The number of nitrogens with two attached hydrogens (primary N) is 1. The smallest absolute Gasteiger partial charge is 0.259 e. The lowest BCUT2D eigenvalue weighted by molar-refractivity contribution is -0.114. The van der Waals surface area contributed by atoms with E-state index < -0.39 is 5.91 Å². The Balaban J connectivity index is 1.98. The minimum Gasteiger partial charge on any atom is -0.493 e. The van der Waals surface area contributed by atoms with Crippen LogP contribution in [0.5, 0.6) is 11.5 Å². The second kappa shape index (κ2) is 9.76. The molecule has 0 unspecified atom stereocenters. The highest BCUT2D eigenvalue weighted by molar-refractivity contribution is 7.99. The number of methoxy groups -OCH3 is 1. The average Bonchev–Trinajstić information content (AvgIpc) is 2.65. The van der Waals surface area contributed by atoms with Gasteiger partial charge >= 0.3 is 0 Å². The molecule has 2 aromatic carbocycles. The number of hydrogen-bond donors (Lipinski definition) is 1. The summed E-state index contributed by atoms with van der Waals surface area (Å²) in [5.41, 5.74) is 5.64. The van der Waals surface area contributed by atoms with Crippen molar-refractivity contribution in [3.05, 3.63) is 58.6 Å². The van der Waals surface area contributed by atoms with Crippen LogP contribution in [0.15, 0.2) is 52.9 Å². The van der Waals surface area contributed by atoms with Crippen LogP contribution in [0.4, 0.5) is 0 Å². The molecule has 134 valence electrons. The van der Waals surface area contributed by atoms with Gasteiger partial charge in [-0.25, -0.2) is 0 Å². The zero-order chi connectivity index (χ0) is 18.9. The Labute approximate surface area is 161 Å². The molecular weight excluding hydrogens is 372 g/mol. The zero-order valence-corrected chi connectivity index (χ0v) is 15.6. The highest BCUT2D eigenvalue weighted by Gasteiger charge is 2.08. The van der Waals surface area contributed by atoms with Crippen molar-refractivity contribution in [1.29, 1.82) is 5.26 Å². The standard InChI is InChI=1S/C19H17ClN2O3S/c1-24-18-11-13(10-14(12-21)19(22)23)2-7-17(18)25-8-9-26-16-5-3-15(20)4-6-16/h2-7,10-11H,8-9H2,1H3,(H2,22,23)/b14-10+. The summed E-state index contributed by atoms with van der Waals surface area (Å²) in [6, 6.07) is 14.5. The number of primary amides is 1. The molecule has 0 atom stereocenters. The molecule has 0 radical (unpaired) electrons. The maximum atomic E-state index is 11.1. The molecule has 0 aromatic heterocycles. The number of carbonyl (C=O) groups is 1. The lowest BCUT2D eigenvalue weighted by Gasteiger charge is -2.11. The summed E-state index contributed by atoms with van der Waals surface area (Å²) >= 11 is 7.52. The van der Waals surface area contributed by atoms with E-state index in [0.29, 0.717) is 28.7 Å². The third-order valence-corrected chi connectivity index (χ3v) is 4.54. The van der Waals surface area contributed by atoms with Gasteiger partial charge in [0.25, 0.3) is 5.91 Å². The third-order valence-electron chi connectivity index (χ3n) is 3.31. The Morgan fingerprint density at radius 1 is 1.27 bits per heavy atom. The van der Waals surface area contributed by atoms with Crippen LogP contribution in [0.3, 0.4) is 0 Å². The molecule has 0 heterocycles. The summed E-state index contributed by atoms with van der Waals surface area (Å²) in [4.78, 5) is 12.2. The van der Waals surface area contributed by atoms with E-state index in [9.17, 15) is 4.79 Å². The van der Waals surface area contributed by atoms with Gasteiger partial charge in [-0.3, -0.25) is 4.79 Å². The average molecular weight is 389 g/mol. The molecule has 0 aliphatic carbocycles. The first kappa shape index (κ1) is 19.7. The summed E-state index contributed by atoms with van der Waals surface area (Å²) in [5, 5.41) is 9.62. The van der Waals surface area contributed by atoms with Crippen LogP contribution >= 0.6 is 23.4 Å². The Bertz CT molecular complexity index is 845. The number of benzene rings is 2. The highest BCUT2D eigenvalue weighted by Crippen LogP contribution is 2.29. The molecule has 5 nitrogen and oxygen atoms in total. The first-order valence-corrected chi connectivity index (χ1v) is 9.00. The van der Waals surface area contributed by atoms with Gasteiger partial charge in [0.05, 0.1) is 13.7 Å². The summed E-state index contributed by atoms with van der Waals surface area (Å²) in [6.07, 6.45) is 1.41. The molecular formula is C19H17ClN2O3S. The second-order valence-corrected chi connectivity index (χ2v) is 6.70. The molecule has 2 N–H and O–H groups in total. The number of rotatable bonds is 8. The molecule has 0 aliphatic rings. The van der Waals surface area contributed by atoms with E-state index in [0.717, 1.165) is 10.6 Å². The van der Waals surface area contributed by atoms with Gasteiger partial charge < -0.3 is 15.2 Å². The fourth-order valence-electron chi connectivity index (χ4n) is 2.06. The number of amides is 1. The molecule has 0 saturated heterocycles. The molecule has 0 fully saturated rings. The molecule has 1 amide bonds. The number of halogens is 1. The van der Waals surface area contributed by atoms with Gasteiger partial charge in [0.15, 0.2) is 11.5 Å². The van der Waals surface area contributed by atoms with Crippen molar-refractivity contribution in [3.8, 4) is 17.6 Å². The normalized spacial score (nSPS) is 10.9. The van der Waals surface area contributed by atoms with E-state index in [1.54, 1.807) is 36.0 Å². The van der Waals surface area contributed by atoms with E-state index in [-0.39, 0.29) is 5.57 Å². The minimum absolute atomic E-state index is 0.125. The first-order valence-electron chi connectivity index (χ1n) is 7.64. The van der Waals surface area contributed by atoms with Crippen LogP contribution in [0, 0.1) is 11.3 Å². The van der Waals surface area contributed by atoms with E-state index in [2.05, 4.69) is 0 Å². The zero-order valence-electron chi connectivity index (χ0n) is 14.1. The number of hydrogen-bond acceptors (Lipinski definition) is 5. The summed E-state index contributed by atoms with van der Waals surface area (Å²) in [7, 11) is 1.53. The lowest BCUT2D eigenvalue weighted by Crippen LogP contribution is -2.12. The van der Waals surface area contributed by atoms with E-state index >= 15 is 0 Å². The quantitative estimate of drug-likeness (QED) is 0.320. The molecule has 0 aliphatic heterocycles. The maximum absolute atomic E-state index is 11.1. The molecule has 2 aromatic rings. The van der Waals surface area contributed by atoms with Gasteiger partial charge in [0.2, 0.25) is 0 Å². The predicted molar refractivity (Wildman–Crippen MR) is 103 cm³/mol. The van der Waals surface area contributed by atoms with Crippen LogP contribution < -0.4 is 15.2 Å². The molecule has 26 heavy (non-hydrogen) atoms. The number of thioether (sulfide) groups is 1. The fourth-order valence-corrected chi connectivity index (χ4v) is 2.92. The van der Waals surface area contributed by atoms with Crippen molar-refractivity contribution in [2.24, 2.45) is 5.73 Å². The van der Waals surface area contributed by atoms with Gasteiger partial charge in [-0.15, -0.1) is 11.8 Å². The molecule has 0 spiro atoms. The number of carbonyl (C=O) groups excluding carboxylic acids is 1. The molecule has 0 bridgehead atoms. The van der Waals surface area contributed by atoms with Crippen molar-refractivity contribution < 1.29 is 14.3 Å². The molecule has 0 saturated carbocycles. The SMILES string of the molecule is COc1cc(/C=C(\C#N)C(N)=O)ccc1OCCSc1ccc(Cl)cc1. The molecule has 2 rings (SSSR count). The number of ether oxygens (including phenoxy) is 2. The lowest BCUT2D eigenvalue weighted by atomic mass is 10.1. The van der Waals surface area contributed by atoms with Crippen molar-refractivity contribution in [3.63, 3.8) is 0 Å². The van der Waals surface area contributed by atoms with Crippen LogP contribution in [0.25, 0.3) is 6.08 Å². The summed E-state index contributed by atoms with van der Waals surface area (Å²) in [6.45, 7) is 0.490. The monoisotopic (exact) mass is 388 g/mol. The van der Waals surface area contributed by atoms with Gasteiger partial charge in [0.1, 0.15) is 11.6 Å². The van der Waals surface area contributed by atoms with Crippen molar-refractivity contribution >= 4 is 35.3 Å². The van der Waals surface area contributed by atoms with Gasteiger partial charge in [-0.1, -0.05) is 17.7 Å². The fraction of sp³-hybridized carbons (Fsp3) is 0.158. The Morgan fingerprint density at radius 2 is 2.00 bits per heavy atom. The minimum atomic E-state index is -0.772. The van der Waals surface area contributed by atoms with E-state index in [4.69, 9.17) is 32.1 Å². The predicted octanol–water partition coefficient (Wildman–Crippen LogP) is 3.91. The Morgan fingerprint density at radius 3 is 2.62 bits per heavy atom. The maximum Gasteiger partial charge on any atom is 0.259 e. The second-order valence-electron chi connectivity index (χ2n) is 5.10. The first-order chi connectivity index (χ1) is 12.5. The topological polar surface area (TPSA) is 85.3 Å². The Hall–Kier alpha value is -2.62.